The topological polar surface area (TPSA) is 145 Å². The van der Waals surface area contributed by atoms with Gasteiger partial charge in [-0.3, -0.25) is 9.59 Å². The Hall–Kier alpha value is -4.18. The molecule has 0 bridgehead atoms. The van der Waals surface area contributed by atoms with Crippen molar-refractivity contribution in [3.63, 3.8) is 0 Å². The number of rotatable bonds is 24. The minimum absolute atomic E-state index is 0.755. The van der Waals surface area contributed by atoms with Crippen molar-refractivity contribution in [1.29, 1.82) is 0 Å². The van der Waals surface area contributed by atoms with Crippen molar-refractivity contribution in [2.75, 3.05) is 26.2 Å². The first-order valence-corrected chi connectivity index (χ1v) is 18.7. The lowest BCUT2D eigenvalue weighted by Crippen LogP contribution is -2.42. The molecule has 0 unspecified atom stereocenters. The monoisotopic (exact) mass is 737 g/mol. The van der Waals surface area contributed by atoms with Crippen molar-refractivity contribution < 1.29 is 39.5 Å². The third-order valence-electron chi connectivity index (χ3n) is 8.77. The summed E-state index contributed by atoms with van der Waals surface area (Å²) in [6, 6.07) is 28.9. The van der Waals surface area contributed by atoms with E-state index in [4.69, 9.17) is 36.8 Å². The summed E-state index contributed by atoms with van der Waals surface area (Å²) in [5.41, 5.74) is 1.51. The Morgan fingerprint density at radius 3 is 1.48 bits per heavy atom. The molecule has 9 nitrogen and oxygen atoms in total. The summed E-state index contributed by atoms with van der Waals surface area (Å²) < 4.78 is 6.05. The quantitative estimate of drug-likeness (QED) is 0.0522. The number of aliphatic hydroxyl groups is 1. The Morgan fingerprint density at radius 1 is 0.615 bits per heavy atom. The number of carboxylic acids is 3. The van der Waals surface area contributed by atoms with Gasteiger partial charge >= 0.3 is 17.9 Å². The molecule has 3 rings (SSSR count). The number of nitrogens with zero attached hydrogens (tertiary/aromatic N) is 1. The summed E-state index contributed by atoms with van der Waals surface area (Å²) in [5.74, 6) is -4.10. The van der Waals surface area contributed by atoms with Crippen LogP contribution in [0.15, 0.2) is 84.9 Å². The van der Waals surface area contributed by atoms with Gasteiger partial charge in [0.2, 0.25) is 0 Å². The summed E-state index contributed by atoms with van der Waals surface area (Å²) in [6.45, 7) is 8.94. The maximum absolute atomic E-state index is 10.3. The largest absolute Gasteiger partial charge is 0.494 e. The molecule has 0 fully saturated rings. The van der Waals surface area contributed by atoms with Crippen LogP contribution in [0.25, 0.3) is 10.6 Å². The van der Waals surface area contributed by atoms with Crippen LogP contribution in [0.2, 0.25) is 0 Å². The van der Waals surface area contributed by atoms with Gasteiger partial charge in [0, 0.05) is 5.57 Å². The van der Waals surface area contributed by atoms with Crippen molar-refractivity contribution >= 4 is 40.1 Å². The van der Waals surface area contributed by atoms with Gasteiger partial charge in [-0.15, -0.1) is 0 Å². The van der Waals surface area contributed by atoms with Crippen LogP contribution in [-0.2, 0) is 14.4 Å². The van der Waals surface area contributed by atoms with E-state index in [0.29, 0.717) is 0 Å². The molecule has 52 heavy (non-hydrogen) atoms. The number of hydrogen-bond acceptors (Lipinski definition) is 6. The van der Waals surface area contributed by atoms with E-state index in [2.05, 4.69) is 79.4 Å². The van der Waals surface area contributed by atoms with E-state index in [1.54, 1.807) is 0 Å². The average molecular weight is 738 g/mol. The molecule has 3 aromatic rings. The fourth-order valence-corrected chi connectivity index (χ4v) is 6.11. The lowest BCUT2D eigenvalue weighted by Gasteiger charge is -2.18. The second-order valence-electron chi connectivity index (χ2n) is 12.8. The van der Waals surface area contributed by atoms with Gasteiger partial charge in [-0.2, -0.15) is 0 Å². The highest BCUT2D eigenvalue weighted by molar-refractivity contribution is 6.53. The van der Waals surface area contributed by atoms with E-state index >= 15 is 0 Å². The lowest BCUT2D eigenvalue weighted by molar-refractivity contribution is -0.170. The van der Waals surface area contributed by atoms with Gasteiger partial charge < -0.3 is 30.1 Å². The van der Waals surface area contributed by atoms with Gasteiger partial charge in [0.1, 0.15) is 5.75 Å². The summed E-state index contributed by atoms with van der Waals surface area (Å²) >= 11 is 6.94. The molecule has 0 amide bonds. The van der Waals surface area contributed by atoms with E-state index in [-0.39, 0.29) is 0 Å². The van der Waals surface area contributed by atoms with E-state index < -0.39 is 36.4 Å². The minimum atomic E-state index is -2.74. The molecule has 3 aromatic carbocycles. The zero-order valence-corrected chi connectivity index (χ0v) is 31.4. The van der Waals surface area contributed by atoms with E-state index in [0.717, 1.165) is 46.1 Å². The van der Waals surface area contributed by atoms with Crippen LogP contribution < -0.4 is 4.74 Å². The number of carboxylic acid groups (broad SMARTS) is 3. The zero-order valence-electron chi connectivity index (χ0n) is 30.6. The molecule has 10 heteroatoms. The third-order valence-corrected chi connectivity index (χ3v) is 9.18. The predicted molar refractivity (Wildman–Crippen MR) is 208 cm³/mol. The van der Waals surface area contributed by atoms with Crippen molar-refractivity contribution in [3.05, 3.63) is 102 Å². The van der Waals surface area contributed by atoms with Crippen molar-refractivity contribution in [3.8, 4) is 5.75 Å². The maximum atomic E-state index is 10.3. The van der Waals surface area contributed by atoms with Crippen molar-refractivity contribution in [2.45, 2.75) is 96.5 Å². The predicted octanol–water partition coefficient (Wildman–Crippen LogP) is 9.22. The van der Waals surface area contributed by atoms with Crippen LogP contribution in [0.1, 0.15) is 108 Å². The van der Waals surface area contributed by atoms with Crippen LogP contribution in [-0.4, -0.2) is 75.1 Å². The molecule has 0 saturated heterocycles. The molecule has 0 atom stereocenters. The molecule has 0 aliphatic carbocycles. The Bertz CT molecular complexity index is 1480. The molecular weight excluding hydrogens is 682 g/mol. The molecular formula is C42H56ClNO8. The number of aliphatic carboxylic acids is 3. The molecule has 0 aromatic heterocycles. The smallest absolute Gasteiger partial charge is 0.336 e. The highest BCUT2D eigenvalue weighted by atomic mass is 35.5. The van der Waals surface area contributed by atoms with Gasteiger partial charge in [-0.1, -0.05) is 150 Å². The number of carbonyl (C=O) groups is 3. The fraction of sp³-hybridized carbons (Fsp3) is 0.452. The minimum Gasteiger partial charge on any atom is -0.494 e. The van der Waals surface area contributed by atoms with E-state index in [9.17, 15) is 14.4 Å². The third kappa shape index (κ3) is 16.9. The number of halogens is 1. The molecule has 0 aliphatic rings. The molecule has 284 valence electrons. The summed E-state index contributed by atoms with van der Waals surface area (Å²) in [6.07, 6.45) is 11.0. The zero-order chi connectivity index (χ0) is 38.2. The first-order chi connectivity index (χ1) is 25.0. The maximum Gasteiger partial charge on any atom is 0.336 e. The van der Waals surface area contributed by atoms with Crippen LogP contribution >= 0.6 is 11.6 Å². The van der Waals surface area contributed by atoms with Gasteiger partial charge in [0.05, 0.1) is 24.5 Å². The van der Waals surface area contributed by atoms with Crippen LogP contribution in [0.4, 0.5) is 0 Å². The second-order valence-corrected chi connectivity index (χ2v) is 13.2. The first-order valence-electron chi connectivity index (χ1n) is 18.4. The fourth-order valence-electron chi connectivity index (χ4n) is 5.77. The first kappa shape index (κ1) is 44.0. The number of unbranched alkanes of at least 4 members (excludes halogenated alkanes) is 9. The molecule has 0 radical (unpaired) electrons. The molecule has 0 saturated carbocycles. The molecule has 0 aliphatic heterocycles. The van der Waals surface area contributed by atoms with Crippen LogP contribution in [0.3, 0.4) is 0 Å². The molecule has 4 N–H and O–H groups in total. The van der Waals surface area contributed by atoms with Gasteiger partial charge in [0.15, 0.2) is 5.60 Å². The highest BCUT2D eigenvalue weighted by Gasteiger charge is 2.40. The standard InChI is InChI=1S/C36H48ClNO.C6H8O7/c1-3-38(4-2)29-19-11-9-7-5-6-8-10-12-20-30-39-34-27-25-32(26-28-34)35(31-21-15-13-16-22-31)36(37)33-23-17-14-18-24-33;7-3(8)1-6(13,5(11)12)2-4(9)10/h13-18,21-28H,3-12,19-20,29-30H2,1-2H3;13H,1-2H2,(H,7,8)(H,9,10)(H,11,12)/b36-35-;. The molecule has 0 heterocycles. The van der Waals surface area contributed by atoms with Gasteiger partial charge in [-0.05, 0) is 61.3 Å². The Morgan fingerprint density at radius 2 is 1.04 bits per heavy atom. The van der Waals surface area contributed by atoms with Crippen LogP contribution in [0, 0.1) is 0 Å². The van der Waals surface area contributed by atoms with E-state index in [1.807, 2.05) is 24.3 Å². The van der Waals surface area contributed by atoms with Crippen molar-refractivity contribution in [2.24, 2.45) is 0 Å². The van der Waals surface area contributed by atoms with Crippen molar-refractivity contribution in [1.82, 2.24) is 4.90 Å². The summed E-state index contributed by atoms with van der Waals surface area (Å²) in [4.78, 5) is 33.0. The second kappa shape index (κ2) is 24.9. The lowest BCUT2D eigenvalue weighted by atomic mass is 9.95. The molecule has 0 spiro atoms. The Kier molecular flexibility index (Phi) is 21.1. The summed E-state index contributed by atoms with van der Waals surface area (Å²) in [7, 11) is 0. The number of benzene rings is 3. The summed E-state index contributed by atoms with van der Waals surface area (Å²) in [5, 5.41) is 34.6. The highest BCUT2D eigenvalue weighted by Crippen LogP contribution is 2.35. The normalized spacial score (nSPS) is 11.7. The number of ether oxygens (including phenoxy) is 1. The Labute approximate surface area is 313 Å². The average Bonchev–Trinajstić information content (AvgIpc) is 3.13. The van der Waals surface area contributed by atoms with Crippen LogP contribution in [0.5, 0.6) is 5.75 Å². The number of hydrogen-bond donors (Lipinski definition) is 4. The van der Waals surface area contributed by atoms with Gasteiger partial charge in [-0.25, -0.2) is 4.79 Å². The van der Waals surface area contributed by atoms with Gasteiger partial charge in [0.25, 0.3) is 0 Å². The Balaban J connectivity index is 0.000000612. The van der Waals surface area contributed by atoms with E-state index in [1.165, 1.54) is 77.4 Å². The SMILES string of the molecule is CCN(CC)CCCCCCCCCCCCOc1ccc(/C(=C(\Cl)c2ccccc2)c2ccccc2)cc1.O=C(O)CC(O)(CC(=O)O)C(=O)O.